The molecule has 1 aliphatic rings. The van der Waals surface area contributed by atoms with E-state index in [2.05, 4.69) is 12.1 Å². The zero-order chi connectivity index (χ0) is 13.0. The first-order valence-electron chi connectivity index (χ1n) is 6.80. The number of hydrogen-bond donors (Lipinski definition) is 2. The highest BCUT2D eigenvalue weighted by Gasteiger charge is 2.14. The molecule has 0 heterocycles. The van der Waals surface area contributed by atoms with Crippen LogP contribution in [0, 0.1) is 0 Å². The van der Waals surface area contributed by atoms with E-state index < -0.39 is 6.10 Å². The van der Waals surface area contributed by atoms with Gasteiger partial charge < -0.3 is 15.1 Å². The predicted octanol–water partition coefficient (Wildman–Crippen LogP) is 1.52. The Morgan fingerprint density at radius 2 is 1.94 bits per heavy atom. The normalized spacial score (nSPS) is 16.7. The van der Waals surface area contributed by atoms with E-state index in [-0.39, 0.29) is 6.61 Å². The predicted molar refractivity (Wildman–Crippen MR) is 72.6 cm³/mol. The lowest BCUT2D eigenvalue weighted by molar-refractivity contribution is 0.115. The molecule has 2 N–H and O–H groups in total. The lowest BCUT2D eigenvalue weighted by atomic mass is 9.89. The molecular formula is C15H23NO2. The monoisotopic (exact) mass is 249 g/mol. The summed E-state index contributed by atoms with van der Waals surface area (Å²) in [5.74, 6) is 0. The molecule has 0 aliphatic heterocycles. The molecule has 18 heavy (non-hydrogen) atoms. The summed E-state index contributed by atoms with van der Waals surface area (Å²) in [6, 6.07) is 6.37. The van der Waals surface area contributed by atoms with Gasteiger partial charge in [0.15, 0.2) is 0 Å². The molecule has 0 saturated heterocycles. The number of nitrogens with zero attached hydrogens (tertiary/aromatic N) is 1. The van der Waals surface area contributed by atoms with Gasteiger partial charge in [0, 0.05) is 13.1 Å². The Morgan fingerprint density at radius 1 is 1.22 bits per heavy atom. The van der Waals surface area contributed by atoms with Gasteiger partial charge in [0.25, 0.3) is 0 Å². The first-order valence-corrected chi connectivity index (χ1v) is 6.80. The number of benzene rings is 1. The Balaban J connectivity index is 2.04. The third kappa shape index (κ3) is 3.31. The molecule has 0 amide bonds. The molecule has 1 aromatic carbocycles. The second kappa shape index (κ2) is 6.32. The minimum Gasteiger partial charge on any atom is -0.395 e. The molecule has 100 valence electrons. The van der Waals surface area contributed by atoms with Gasteiger partial charge in [-0.05, 0) is 49.4 Å². The largest absolute Gasteiger partial charge is 0.395 e. The maximum atomic E-state index is 10.2. The molecule has 0 fully saturated rings. The van der Waals surface area contributed by atoms with Crippen molar-refractivity contribution in [2.75, 3.05) is 26.7 Å². The van der Waals surface area contributed by atoms with Crippen LogP contribution in [-0.2, 0) is 12.8 Å². The fourth-order valence-electron chi connectivity index (χ4n) is 2.62. The van der Waals surface area contributed by atoms with Gasteiger partial charge in [-0.1, -0.05) is 18.2 Å². The first kappa shape index (κ1) is 13.5. The van der Waals surface area contributed by atoms with Crippen molar-refractivity contribution in [1.82, 2.24) is 4.90 Å². The molecule has 2 rings (SSSR count). The van der Waals surface area contributed by atoms with Gasteiger partial charge in [-0.3, -0.25) is 0 Å². The standard InChI is InChI=1S/C15H23NO2/c1-16(8-9-17)11-15(18)14-7-6-12-4-2-3-5-13(12)10-14/h6-7,10,15,17-18H,2-5,8-9,11H2,1H3. The summed E-state index contributed by atoms with van der Waals surface area (Å²) < 4.78 is 0. The molecule has 0 bridgehead atoms. The van der Waals surface area contributed by atoms with Gasteiger partial charge in [0.2, 0.25) is 0 Å². The van der Waals surface area contributed by atoms with Gasteiger partial charge in [-0.2, -0.15) is 0 Å². The fraction of sp³-hybridized carbons (Fsp3) is 0.600. The number of aryl methyl sites for hydroxylation is 2. The van der Waals surface area contributed by atoms with Crippen molar-refractivity contribution in [1.29, 1.82) is 0 Å². The van der Waals surface area contributed by atoms with Crippen LogP contribution in [0.1, 0.15) is 35.6 Å². The molecule has 1 aliphatic carbocycles. The lowest BCUT2D eigenvalue weighted by Gasteiger charge is -2.22. The highest BCUT2D eigenvalue weighted by molar-refractivity contribution is 5.34. The van der Waals surface area contributed by atoms with Crippen molar-refractivity contribution in [2.24, 2.45) is 0 Å². The Hall–Kier alpha value is -0.900. The van der Waals surface area contributed by atoms with Crippen LogP contribution in [0.3, 0.4) is 0 Å². The van der Waals surface area contributed by atoms with Crippen LogP contribution in [0.2, 0.25) is 0 Å². The van der Waals surface area contributed by atoms with E-state index in [1.807, 2.05) is 18.0 Å². The van der Waals surface area contributed by atoms with E-state index in [4.69, 9.17) is 5.11 Å². The maximum absolute atomic E-state index is 10.2. The van der Waals surface area contributed by atoms with Crippen LogP contribution in [0.4, 0.5) is 0 Å². The van der Waals surface area contributed by atoms with E-state index in [1.165, 1.54) is 30.4 Å². The van der Waals surface area contributed by atoms with E-state index in [1.54, 1.807) is 0 Å². The molecule has 3 heteroatoms. The van der Waals surface area contributed by atoms with E-state index >= 15 is 0 Å². The van der Waals surface area contributed by atoms with Crippen molar-refractivity contribution >= 4 is 0 Å². The second-order valence-electron chi connectivity index (χ2n) is 5.24. The molecule has 1 aromatic rings. The number of fused-ring (bicyclic) bond motifs is 1. The molecule has 1 unspecified atom stereocenters. The molecule has 0 saturated carbocycles. The molecule has 0 spiro atoms. The van der Waals surface area contributed by atoms with Gasteiger partial charge in [0.1, 0.15) is 0 Å². The van der Waals surface area contributed by atoms with Crippen LogP contribution in [0.25, 0.3) is 0 Å². The third-order valence-corrected chi connectivity index (χ3v) is 3.72. The van der Waals surface area contributed by atoms with Crippen LogP contribution in [0.5, 0.6) is 0 Å². The highest BCUT2D eigenvalue weighted by Crippen LogP contribution is 2.25. The van der Waals surface area contributed by atoms with Gasteiger partial charge >= 0.3 is 0 Å². The SMILES string of the molecule is CN(CCO)CC(O)c1ccc2c(c1)CCCC2. The molecule has 1 atom stereocenters. The van der Waals surface area contributed by atoms with Crippen molar-refractivity contribution in [3.8, 4) is 0 Å². The summed E-state index contributed by atoms with van der Waals surface area (Å²) >= 11 is 0. The van der Waals surface area contributed by atoms with Gasteiger partial charge in [-0.25, -0.2) is 0 Å². The molecule has 0 radical (unpaired) electrons. The topological polar surface area (TPSA) is 43.7 Å². The van der Waals surface area contributed by atoms with Crippen LogP contribution in [0.15, 0.2) is 18.2 Å². The molecular weight excluding hydrogens is 226 g/mol. The smallest absolute Gasteiger partial charge is 0.0916 e. The lowest BCUT2D eigenvalue weighted by Crippen LogP contribution is -2.27. The van der Waals surface area contributed by atoms with Crippen molar-refractivity contribution in [2.45, 2.75) is 31.8 Å². The number of hydrogen-bond acceptors (Lipinski definition) is 3. The Bertz CT molecular complexity index is 392. The third-order valence-electron chi connectivity index (χ3n) is 3.72. The fourth-order valence-corrected chi connectivity index (χ4v) is 2.62. The molecule has 0 aromatic heterocycles. The number of rotatable bonds is 5. The maximum Gasteiger partial charge on any atom is 0.0916 e. The summed E-state index contributed by atoms with van der Waals surface area (Å²) in [6.45, 7) is 1.30. The van der Waals surface area contributed by atoms with E-state index in [0.717, 1.165) is 12.0 Å². The van der Waals surface area contributed by atoms with Crippen LogP contribution < -0.4 is 0 Å². The number of aliphatic hydroxyl groups is 2. The van der Waals surface area contributed by atoms with Crippen molar-refractivity contribution in [3.05, 3.63) is 34.9 Å². The average Bonchev–Trinajstić information content (AvgIpc) is 2.38. The zero-order valence-corrected chi connectivity index (χ0v) is 11.1. The van der Waals surface area contributed by atoms with Crippen LogP contribution in [-0.4, -0.2) is 41.9 Å². The van der Waals surface area contributed by atoms with Gasteiger partial charge in [0.05, 0.1) is 12.7 Å². The number of aliphatic hydroxyl groups excluding tert-OH is 2. The minimum atomic E-state index is -0.464. The Labute approximate surface area is 109 Å². The number of likely N-dealkylation sites (N-methyl/N-ethyl adjacent to an activating group) is 1. The summed E-state index contributed by atoms with van der Waals surface area (Å²) in [7, 11) is 1.91. The van der Waals surface area contributed by atoms with Gasteiger partial charge in [-0.15, -0.1) is 0 Å². The van der Waals surface area contributed by atoms with Crippen molar-refractivity contribution in [3.63, 3.8) is 0 Å². The summed E-state index contributed by atoms with van der Waals surface area (Å²) in [5.41, 5.74) is 3.85. The molecule has 3 nitrogen and oxygen atoms in total. The van der Waals surface area contributed by atoms with E-state index in [9.17, 15) is 5.11 Å². The van der Waals surface area contributed by atoms with E-state index in [0.29, 0.717) is 13.1 Å². The minimum absolute atomic E-state index is 0.132. The highest BCUT2D eigenvalue weighted by atomic mass is 16.3. The zero-order valence-electron chi connectivity index (χ0n) is 11.1. The Kier molecular flexibility index (Phi) is 4.75. The Morgan fingerprint density at radius 3 is 2.67 bits per heavy atom. The second-order valence-corrected chi connectivity index (χ2v) is 5.24. The van der Waals surface area contributed by atoms with Crippen LogP contribution >= 0.6 is 0 Å². The summed E-state index contributed by atoms with van der Waals surface area (Å²) in [6.07, 6.45) is 4.40. The summed E-state index contributed by atoms with van der Waals surface area (Å²) in [5, 5.41) is 19.1. The van der Waals surface area contributed by atoms with Crippen molar-refractivity contribution < 1.29 is 10.2 Å². The quantitative estimate of drug-likeness (QED) is 0.831. The first-order chi connectivity index (χ1) is 8.70. The average molecular weight is 249 g/mol. The summed E-state index contributed by atoms with van der Waals surface area (Å²) in [4.78, 5) is 1.95.